The van der Waals surface area contributed by atoms with E-state index in [-0.39, 0.29) is 0 Å². The molecule has 3 heteroatoms. The van der Waals surface area contributed by atoms with Gasteiger partial charge in [0.05, 0.1) is 0 Å². The van der Waals surface area contributed by atoms with Crippen LogP contribution in [0, 0.1) is 0 Å². The first-order valence-corrected chi connectivity index (χ1v) is 4.95. The second kappa shape index (κ2) is 3.94. The zero-order valence-electron chi connectivity index (χ0n) is 7.87. The molecule has 1 aliphatic heterocycles. The van der Waals surface area contributed by atoms with E-state index in [2.05, 4.69) is 22.4 Å². The molecule has 13 heavy (non-hydrogen) atoms. The van der Waals surface area contributed by atoms with Crippen LogP contribution in [0.1, 0.15) is 6.42 Å². The van der Waals surface area contributed by atoms with Crippen LogP contribution in [0.25, 0.3) is 0 Å². The summed E-state index contributed by atoms with van der Waals surface area (Å²) in [4.78, 5) is 2.49. The molecule has 1 aliphatic carbocycles. The SMILES string of the molecule is NC1=CC(N2CCNCC2)CC=C1. The Hall–Kier alpha value is -0.800. The molecule has 72 valence electrons. The molecule has 0 aromatic rings. The van der Waals surface area contributed by atoms with Crippen molar-refractivity contribution in [2.24, 2.45) is 5.73 Å². The van der Waals surface area contributed by atoms with Gasteiger partial charge in [0.15, 0.2) is 0 Å². The molecule has 0 saturated carbocycles. The molecule has 0 aromatic heterocycles. The third-order valence-corrected chi connectivity index (χ3v) is 2.69. The summed E-state index contributed by atoms with van der Waals surface area (Å²) < 4.78 is 0. The average molecular weight is 179 g/mol. The minimum Gasteiger partial charge on any atom is -0.399 e. The van der Waals surface area contributed by atoms with Gasteiger partial charge in [-0.25, -0.2) is 0 Å². The van der Waals surface area contributed by atoms with Gasteiger partial charge in [-0.2, -0.15) is 0 Å². The highest BCUT2D eigenvalue weighted by atomic mass is 15.2. The molecule has 0 aromatic carbocycles. The van der Waals surface area contributed by atoms with Crippen molar-refractivity contribution < 1.29 is 0 Å². The van der Waals surface area contributed by atoms with Crippen molar-refractivity contribution in [3.8, 4) is 0 Å². The maximum Gasteiger partial charge on any atom is 0.0336 e. The van der Waals surface area contributed by atoms with Crippen LogP contribution in [-0.4, -0.2) is 37.1 Å². The van der Waals surface area contributed by atoms with Gasteiger partial charge in [-0.3, -0.25) is 4.90 Å². The predicted molar refractivity (Wildman–Crippen MR) is 54.3 cm³/mol. The van der Waals surface area contributed by atoms with E-state index >= 15 is 0 Å². The molecule has 0 bridgehead atoms. The number of hydrogen-bond acceptors (Lipinski definition) is 3. The van der Waals surface area contributed by atoms with Crippen molar-refractivity contribution in [2.75, 3.05) is 26.2 Å². The molecule has 1 unspecified atom stereocenters. The van der Waals surface area contributed by atoms with E-state index in [1.165, 1.54) is 0 Å². The van der Waals surface area contributed by atoms with Crippen LogP contribution in [-0.2, 0) is 0 Å². The van der Waals surface area contributed by atoms with E-state index < -0.39 is 0 Å². The first kappa shape index (κ1) is 8.78. The molecule has 1 atom stereocenters. The van der Waals surface area contributed by atoms with Crippen molar-refractivity contribution in [2.45, 2.75) is 12.5 Å². The Morgan fingerprint density at radius 1 is 1.38 bits per heavy atom. The van der Waals surface area contributed by atoms with Crippen LogP contribution in [0.5, 0.6) is 0 Å². The Bertz CT molecular complexity index is 226. The van der Waals surface area contributed by atoms with Crippen molar-refractivity contribution >= 4 is 0 Å². The number of hydrogen-bond donors (Lipinski definition) is 2. The molecule has 2 aliphatic rings. The quantitative estimate of drug-likeness (QED) is 0.598. The number of piperazine rings is 1. The molecule has 1 fully saturated rings. The van der Waals surface area contributed by atoms with Gasteiger partial charge in [-0.15, -0.1) is 0 Å². The number of nitrogens with zero attached hydrogens (tertiary/aromatic N) is 1. The minimum atomic E-state index is 0.534. The summed E-state index contributed by atoms with van der Waals surface area (Å²) in [5, 5.41) is 3.35. The van der Waals surface area contributed by atoms with Crippen molar-refractivity contribution in [3.63, 3.8) is 0 Å². The van der Waals surface area contributed by atoms with E-state index in [0.717, 1.165) is 38.3 Å². The smallest absolute Gasteiger partial charge is 0.0336 e. The average Bonchev–Trinajstić information content (AvgIpc) is 2.19. The number of allylic oxidation sites excluding steroid dienone is 1. The van der Waals surface area contributed by atoms with E-state index in [1.807, 2.05) is 6.08 Å². The lowest BCUT2D eigenvalue weighted by Crippen LogP contribution is -2.48. The van der Waals surface area contributed by atoms with Gasteiger partial charge in [-0.1, -0.05) is 6.08 Å². The lowest BCUT2D eigenvalue weighted by molar-refractivity contribution is 0.201. The van der Waals surface area contributed by atoms with Crippen LogP contribution >= 0.6 is 0 Å². The summed E-state index contributed by atoms with van der Waals surface area (Å²) in [5.41, 5.74) is 6.68. The third kappa shape index (κ3) is 2.11. The van der Waals surface area contributed by atoms with Gasteiger partial charge in [0.25, 0.3) is 0 Å². The monoisotopic (exact) mass is 179 g/mol. The molecule has 3 nitrogen and oxygen atoms in total. The molecule has 0 spiro atoms. The fraction of sp³-hybridized carbons (Fsp3) is 0.600. The van der Waals surface area contributed by atoms with Gasteiger partial charge < -0.3 is 11.1 Å². The third-order valence-electron chi connectivity index (χ3n) is 2.69. The van der Waals surface area contributed by atoms with Crippen LogP contribution < -0.4 is 11.1 Å². The topological polar surface area (TPSA) is 41.3 Å². The maximum absolute atomic E-state index is 5.76. The highest BCUT2D eigenvalue weighted by Crippen LogP contribution is 2.13. The summed E-state index contributed by atoms with van der Waals surface area (Å²) in [6.45, 7) is 4.49. The van der Waals surface area contributed by atoms with E-state index in [0.29, 0.717) is 6.04 Å². The second-order valence-corrected chi connectivity index (χ2v) is 3.66. The van der Waals surface area contributed by atoms with Crippen molar-refractivity contribution in [1.82, 2.24) is 10.2 Å². The molecule has 0 amide bonds. The maximum atomic E-state index is 5.76. The van der Waals surface area contributed by atoms with Gasteiger partial charge in [0.1, 0.15) is 0 Å². The number of nitrogens with one attached hydrogen (secondary N) is 1. The Kier molecular flexibility index (Phi) is 2.66. The summed E-state index contributed by atoms with van der Waals surface area (Å²) in [6.07, 6.45) is 7.45. The molecule has 0 radical (unpaired) electrons. The Morgan fingerprint density at radius 3 is 2.85 bits per heavy atom. The van der Waals surface area contributed by atoms with Crippen molar-refractivity contribution in [3.05, 3.63) is 23.9 Å². The standard InChI is InChI=1S/C10H17N3/c11-9-2-1-3-10(8-9)13-6-4-12-5-7-13/h1-2,8,10,12H,3-7,11H2. The molecule has 2 rings (SSSR count). The lowest BCUT2D eigenvalue weighted by Gasteiger charge is -2.33. The zero-order chi connectivity index (χ0) is 9.10. The van der Waals surface area contributed by atoms with Crippen LogP contribution in [0.4, 0.5) is 0 Å². The molecule has 3 N–H and O–H groups in total. The van der Waals surface area contributed by atoms with Crippen LogP contribution in [0.3, 0.4) is 0 Å². The fourth-order valence-corrected chi connectivity index (χ4v) is 1.96. The second-order valence-electron chi connectivity index (χ2n) is 3.66. The van der Waals surface area contributed by atoms with Crippen molar-refractivity contribution in [1.29, 1.82) is 0 Å². The Labute approximate surface area is 79.3 Å². The summed E-state index contributed by atoms with van der Waals surface area (Å²) >= 11 is 0. The number of nitrogens with two attached hydrogens (primary N) is 1. The highest BCUT2D eigenvalue weighted by Gasteiger charge is 2.18. The first-order valence-electron chi connectivity index (χ1n) is 4.95. The molecular weight excluding hydrogens is 162 g/mol. The Morgan fingerprint density at radius 2 is 2.15 bits per heavy atom. The normalized spacial score (nSPS) is 30.2. The van der Waals surface area contributed by atoms with E-state index in [1.54, 1.807) is 0 Å². The van der Waals surface area contributed by atoms with Crippen LogP contribution in [0.2, 0.25) is 0 Å². The predicted octanol–water partition coefficient (Wildman–Crippen LogP) is 0.0627. The van der Waals surface area contributed by atoms with Gasteiger partial charge in [0, 0.05) is 37.9 Å². The van der Waals surface area contributed by atoms with Gasteiger partial charge in [0.2, 0.25) is 0 Å². The molecule has 1 heterocycles. The molecule has 1 saturated heterocycles. The summed E-state index contributed by atoms with van der Waals surface area (Å²) in [7, 11) is 0. The minimum absolute atomic E-state index is 0.534. The summed E-state index contributed by atoms with van der Waals surface area (Å²) in [6, 6.07) is 0.534. The number of rotatable bonds is 1. The fourth-order valence-electron chi connectivity index (χ4n) is 1.96. The first-order chi connectivity index (χ1) is 6.36. The Balaban J connectivity index is 1.96. The zero-order valence-corrected chi connectivity index (χ0v) is 7.87. The summed E-state index contributed by atoms with van der Waals surface area (Å²) in [5.74, 6) is 0. The van der Waals surface area contributed by atoms with E-state index in [9.17, 15) is 0 Å². The largest absolute Gasteiger partial charge is 0.399 e. The van der Waals surface area contributed by atoms with Gasteiger partial charge >= 0.3 is 0 Å². The molecular formula is C10H17N3. The highest BCUT2D eigenvalue weighted by molar-refractivity contribution is 5.22. The van der Waals surface area contributed by atoms with Crippen LogP contribution in [0.15, 0.2) is 23.9 Å². The van der Waals surface area contributed by atoms with Gasteiger partial charge in [-0.05, 0) is 18.6 Å². The van der Waals surface area contributed by atoms with E-state index in [4.69, 9.17) is 5.73 Å². The lowest BCUT2D eigenvalue weighted by atomic mass is 10.0.